The van der Waals surface area contributed by atoms with Gasteiger partial charge in [-0.3, -0.25) is 4.79 Å². The number of hydrogen-bond acceptors (Lipinski definition) is 8. The number of carbonyl (C=O) groups excluding carboxylic acids is 2. The molecule has 0 aliphatic heterocycles. The van der Waals surface area contributed by atoms with Crippen molar-refractivity contribution in [2.45, 2.75) is 43.3 Å². The van der Waals surface area contributed by atoms with E-state index in [-0.39, 0.29) is 28.7 Å². The molecule has 0 atom stereocenters. The lowest BCUT2D eigenvalue weighted by Crippen LogP contribution is -2.17. The number of ether oxygens (including phenoxy) is 1. The predicted molar refractivity (Wildman–Crippen MR) is 156 cm³/mol. The molecule has 9 nitrogen and oxygen atoms in total. The lowest BCUT2D eigenvalue weighted by Gasteiger charge is -2.10. The number of unbranched alkanes of at least 4 members (excludes halogenated alkanes) is 1. The number of sulfonamides is 1. The fourth-order valence-corrected chi connectivity index (χ4v) is 6.51. The van der Waals surface area contributed by atoms with E-state index in [0.29, 0.717) is 38.4 Å². The van der Waals surface area contributed by atoms with Gasteiger partial charge in [0, 0.05) is 28.1 Å². The van der Waals surface area contributed by atoms with E-state index < -0.39 is 16.0 Å². The highest BCUT2D eigenvalue weighted by Gasteiger charge is 2.24. The van der Waals surface area contributed by atoms with Gasteiger partial charge in [0.2, 0.25) is 15.9 Å². The number of nitrogens with zero attached hydrogens (tertiary/aromatic N) is 2. The summed E-state index contributed by atoms with van der Waals surface area (Å²) in [5, 5.41) is 11.3. The molecular formula is C26H27ClN4O5S3. The number of esters is 1. The molecule has 0 saturated carbocycles. The van der Waals surface area contributed by atoms with Crippen LogP contribution >= 0.6 is 34.7 Å². The molecule has 3 N–H and O–H groups in total. The highest BCUT2D eigenvalue weighted by molar-refractivity contribution is 7.99. The van der Waals surface area contributed by atoms with Crippen LogP contribution in [0, 0.1) is 0 Å². The lowest BCUT2D eigenvalue weighted by atomic mass is 10.0. The molecule has 0 radical (unpaired) electrons. The molecule has 13 heteroatoms. The highest BCUT2D eigenvalue weighted by Crippen LogP contribution is 2.39. The summed E-state index contributed by atoms with van der Waals surface area (Å²) in [6.07, 6.45) is 1.83. The Balaban J connectivity index is 1.58. The number of aromatic nitrogens is 2. The first-order valence-corrected chi connectivity index (χ1v) is 15.9. The van der Waals surface area contributed by atoms with Gasteiger partial charge in [-0.25, -0.2) is 23.3 Å². The van der Waals surface area contributed by atoms with E-state index in [0.717, 1.165) is 18.4 Å². The van der Waals surface area contributed by atoms with Crippen molar-refractivity contribution < 1.29 is 22.7 Å². The molecule has 2 aromatic heterocycles. The summed E-state index contributed by atoms with van der Waals surface area (Å²) in [6, 6.07) is 11.7. The number of carbonyl (C=O) groups is 2. The van der Waals surface area contributed by atoms with Crippen LogP contribution in [0.25, 0.3) is 22.2 Å². The molecule has 2 heterocycles. The molecule has 0 aliphatic carbocycles. The van der Waals surface area contributed by atoms with Gasteiger partial charge < -0.3 is 14.6 Å². The first-order chi connectivity index (χ1) is 18.6. The maximum atomic E-state index is 13.0. The summed E-state index contributed by atoms with van der Waals surface area (Å²) >= 11 is 8.81. The van der Waals surface area contributed by atoms with E-state index in [1.807, 2.05) is 10.6 Å². The van der Waals surface area contributed by atoms with E-state index in [4.69, 9.17) is 21.5 Å². The molecule has 0 fully saturated rings. The fraction of sp³-hybridized carbons (Fsp3) is 0.269. The number of aryl methyl sites for hydroxylation is 1. The van der Waals surface area contributed by atoms with E-state index in [1.165, 1.54) is 35.2 Å². The molecule has 4 aromatic rings. The van der Waals surface area contributed by atoms with Crippen molar-refractivity contribution in [1.82, 2.24) is 9.55 Å². The van der Waals surface area contributed by atoms with Gasteiger partial charge in [0.05, 0.1) is 28.3 Å². The summed E-state index contributed by atoms with van der Waals surface area (Å²) in [6.45, 7) is 4.62. The number of amides is 1. The third-order valence-corrected chi connectivity index (χ3v) is 8.88. The molecular weight excluding hydrogens is 580 g/mol. The zero-order valence-electron chi connectivity index (χ0n) is 21.3. The number of nitrogens with one attached hydrogen (secondary N) is 1. The maximum absolute atomic E-state index is 13.0. The lowest BCUT2D eigenvalue weighted by molar-refractivity contribution is -0.113. The minimum atomic E-state index is -3.88. The van der Waals surface area contributed by atoms with E-state index in [9.17, 15) is 18.0 Å². The normalized spacial score (nSPS) is 11.6. The zero-order valence-corrected chi connectivity index (χ0v) is 24.5. The van der Waals surface area contributed by atoms with E-state index >= 15 is 0 Å². The number of imidazole rings is 1. The highest BCUT2D eigenvalue weighted by atomic mass is 35.5. The Morgan fingerprint density at radius 3 is 2.64 bits per heavy atom. The standard InChI is InChI=1S/C26H27ClN4O5S3/c1-3-5-12-31-21-11-10-16(39(28,34)35)13-20(21)29-26(31)38-15-22(32)30-24-23(25(33)36-4-2)18(14-37-24)17-8-6-7-9-19(17)27/h6-11,13-14H,3-5,12,15H2,1-2H3,(H,30,32)(H2,28,34,35). The Hall–Kier alpha value is -2.90. The number of nitrogens with two attached hydrogens (primary N) is 1. The third-order valence-electron chi connectivity index (χ3n) is 5.77. The molecule has 1 amide bonds. The van der Waals surface area contributed by atoms with Crippen LogP contribution in [0.1, 0.15) is 37.0 Å². The molecule has 0 bridgehead atoms. The van der Waals surface area contributed by atoms with Crippen molar-refractivity contribution in [1.29, 1.82) is 0 Å². The van der Waals surface area contributed by atoms with Gasteiger partial charge in [-0.1, -0.05) is 54.9 Å². The minimum Gasteiger partial charge on any atom is -0.462 e. The number of halogens is 1. The second kappa shape index (κ2) is 12.5. The monoisotopic (exact) mass is 606 g/mol. The van der Waals surface area contributed by atoms with Crippen molar-refractivity contribution in [2.24, 2.45) is 5.14 Å². The predicted octanol–water partition coefficient (Wildman–Crippen LogP) is 5.77. The third kappa shape index (κ3) is 6.64. The SMILES string of the molecule is CCCCn1c(SCC(=O)Nc2scc(-c3ccccc3Cl)c2C(=O)OCC)nc2cc(S(N)(=O)=O)ccc21. The van der Waals surface area contributed by atoms with Crippen LogP contribution in [0.4, 0.5) is 5.00 Å². The molecule has 0 spiro atoms. The number of benzene rings is 2. The zero-order chi connectivity index (χ0) is 28.2. The van der Waals surface area contributed by atoms with Gasteiger partial charge in [-0.05, 0) is 37.6 Å². The average Bonchev–Trinajstić information content (AvgIpc) is 3.46. The molecule has 0 aliphatic rings. The summed E-state index contributed by atoms with van der Waals surface area (Å²) in [5.41, 5.74) is 2.73. The number of fused-ring (bicyclic) bond motifs is 1. The van der Waals surface area contributed by atoms with Crippen LogP contribution in [0.3, 0.4) is 0 Å². The van der Waals surface area contributed by atoms with Crippen LogP contribution in [-0.2, 0) is 26.1 Å². The van der Waals surface area contributed by atoms with Crippen molar-refractivity contribution in [3.63, 3.8) is 0 Å². The van der Waals surface area contributed by atoms with Gasteiger partial charge >= 0.3 is 5.97 Å². The van der Waals surface area contributed by atoms with Crippen LogP contribution in [0.2, 0.25) is 5.02 Å². The first-order valence-electron chi connectivity index (χ1n) is 12.1. The topological polar surface area (TPSA) is 133 Å². The van der Waals surface area contributed by atoms with Crippen molar-refractivity contribution in [3.8, 4) is 11.1 Å². The van der Waals surface area contributed by atoms with E-state index in [1.54, 1.807) is 36.6 Å². The summed E-state index contributed by atoms with van der Waals surface area (Å²) < 4.78 is 30.8. The Kier molecular flexibility index (Phi) is 9.34. The van der Waals surface area contributed by atoms with Gasteiger partial charge in [-0.15, -0.1) is 11.3 Å². The molecule has 0 unspecified atom stereocenters. The fourth-order valence-electron chi connectivity index (χ4n) is 3.93. The Morgan fingerprint density at radius 2 is 1.95 bits per heavy atom. The van der Waals surface area contributed by atoms with Crippen LogP contribution in [-0.4, -0.2) is 42.2 Å². The Bertz CT molecular complexity index is 1630. The molecule has 4 rings (SSSR count). The summed E-state index contributed by atoms with van der Waals surface area (Å²) in [7, 11) is -3.88. The average molecular weight is 607 g/mol. The molecule has 206 valence electrons. The second-order valence-electron chi connectivity index (χ2n) is 8.49. The van der Waals surface area contributed by atoms with Crippen molar-refractivity contribution >= 4 is 72.6 Å². The van der Waals surface area contributed by atoms with Gasteiger partial charge in [0.15, 0.2) is 5.16 Å². The summed E-state index contributed by atoms with van der Waals surface area (Å²) in [4.78, 5) is 30.4. The smallest absolute Gasteiger partial charge is 0.341 e. The number of primary sulfonamides is 1. The summed E-state index contributed by atoms with van der Waals surface area (Å²) in [5.74, 6) is -0.875. The number of hydrogen-bond donors (Lipinski definition) is 2. The van der Waals surface area contributed by atoms with Gasteiger partial charge in [0.1, 0.15) is 10.6 Å². The van der Waals surface area contributed by atoms with Crippen LogP contribution in [0.5, 0.6) is 0 Å². The number of anilines is 1. The van der Waals surface area contributed by atoms with Crippen LogP contribution < -0.4 is 10.5 Å². The molecule has 0 saturated heterocycles. The van der Waals surface area contributed by atoms with Gasteiger partial charge in [-0.2, -0.15) is 0 Å². The number of thiophene rings is 1. The Labute approximate surface area is 239 Å². The maximum Gasteiger partial charge on any atom is 0.341 e. The second-order valence-corrected chi connectivity index (χ2v) is 12.3. The minimum absolute atomic E-state index is 0.0130. The molecule has 2 aromatic carbocycles. The first kappa shape index (κ1) is 29.1. The van der Waals surface area contributed by atoms with Gasteiger partial charge in [0.25, 0.3) is 0 Å². The number of thioether (sulfide) groups is 1. The van der Waals surface area contributed by atoms with E-state index in [2.05, 4.69) is 17.2 Å². The number of rotatable bonds is 11. The largest absolute Gasteiger partial charge is 0.462 e. The quantitative estimate of drug-likeness (QED) is 0.163. The Morgan fingerprint density at radius 1 is 1.18 bits per heavy atom. The van der Waals surface area contributed by atoms with Crippen LogP contribution in [0.15, 0.2) is 57.9 Å². The molecule has 39 heavy (non-hydrogen) atoms. The van der Waals surface area contributed by atoms with Crippen molar-refractivity contribution in [3.05, 3.63) is 58.4 Å². The van der Waals surface area contributed by atoms with Crippen molar-refractivity contribution in [2.75, 3.05) is 17.7 Å².